The van der Waals surface area contributed by atoms with Gasteiger partial charge in [-0.25, -0.2) is 4.39 Å². The zero-order valence-corrected chi connectivity index (χ0v) is 8.08. The monoisotopic (exact) mass is 191 g/mol. The normalized spacial score (nSPS) is 27.5. The van der Waals surface area contributed by atoms with E-state index in [0.29, 0.717) is 26.1 Å². The van der Waals surface area contributed by atoms with Gasteiger partial charge in [-0.3, -0.25) is 4.90 Å². The van der Waals surface area contributed by atoms with Crippen molar-refractivity contribution in [1.82, 2.24) is 4.90 Å². The molecule has 1 saturated heterocycles. The van der Waals surface area contributed by atoms with Crippen LogP contribution in [-0.4, -0.2) is 55.6 Å². The van der Waals surface area contributed by atoms with E-state index in [4.69, 9.17) is 4.74 Å². The maximum atomic E-state index is 12.9. The van der Waals surface area contributed by atoms with Crippen molar-refractivity contribution < 1.29 is 14.2 Å². The van der Waals surface area contributed by atoms with Crippen molar-refractivity contribution in [3.05, 3.63) is 0 Å². The minimum atomic E-state index is -0.719. The van der Waals surface area contributed by atoms with Crippen LogP contribution >= 0.6 is 0 Å². The average molecular weight is 191 g/mol. The Balaban J connectivity index is 2.19. The fraction of sp³-hybridized carbons (Fsp3) is 1.00. The maximum Gasteiger partial charge on any atom is 0.113 e. The largest absolute Gasteiger partial charge is 0.389 e. The van der Waals surface area contributed by atoms with E-state index in [0.717, 1.165) is 13.0 Å². The summed E-state index contributed by atoms with van der Waals surface area (Å²) in [4.78, 5) is 1.96. The number of nitrogens with zero attached hydrogens (tertiary/aromatic N) is 1. The Morgan fingerprint density at radius 1 is 1.69 bits per heavy atom. The van der Waals surface area contributed by atoms with E-state index >= 15 is 0 Å². The lowest BCUT2D eigenvalue weighted by atomic mass is 10.1. The van der Waals surface area contributed by atoms with Crippen LogP contribution in [0.3, 0.4) is 0 Å². The first kappa shape index (κ1) is 10.9. The van der Waals surface area contributed by atoms with Crippen molar-refractivity contribution in [2.45, 2.75) is 25.1 Å². The molecule has 0 aromatic carbocycles. The van der Waals surface area contributed by atoms with Crippen LogP contribution in [0.25, 0.3) is 0 Å². The molecule has 0 saturated carbocycles. The summed E-state index contributed by atoms with van der Waals surface area (Å²) in [7, 11) is 1.55. The Hall–Kier alpha value is -0.190. The van der Waals surface area contributed by atoms with Gasteiger partial charge in [0.15, 0.2) is 0 Å². The SMILES string of the molecule is COCC(O)CN1CCCC(F)C1. The number of halogens is 1. The molecule has 0 bridgehead atoms. The summed E-state index contributed by atoms with van der Waals surface area (Å²) in [6.45, 7) is 2.20. The van der Waals surface area contributed by atoms with Gasteiger partial charge in [0.05, 0.1) is 12.7 Å². The third-order valence-electron chi connectivity index (χ3n) is 2.28. The molecule has 4 heteroatoms. The van der Waals surface area contributed by atoms with Crippen LogP contribution in [0.15, 0.2) is 0 Å². The number of aliphatic hydroxyl groups excluding tert-OH is 1. The number of piperidine rings is 1. The van der Waals surface area contributed by atoms with E-state index in [1.165, 1.54) is 0 Å². The minimum Gasteiger partial charge on any atom is -0.389 e. The smallest absolute Gasteiger partial charge is 0.113 e. The Kier molecular flexibility index (Phi) is 4.62. The van der Waals surface area contributed by atoms with Crippen LogP contribution in [0.2, 0.25) is 0 Å². The van der Waals surface area contributed by atoms with Crippen LogP contribution in [-0.2, 0) is 4.74 Å². The molecule has 0 aromatic rings. The summed E-state index contributed by atoms with van der Waals surface area (Å²) in [5, 5.41) is 9.40. The number of rotatable bonds is 4. The standard InChI is InChI=1S/C9H18FNO2/c1-13-7-9(12)6-11-4-2-3-8(10)5-11/h8-9,12H,2-7H2,1H3. The van der Waals surface area contributed by atoms with E-state index in [1.54, 1.807) is 7.11 Å². The van der Waals surface area contributed by atoms with Gasteiger partial charge in [-0.05, 0) is 19.4 Å². The third-order valence-corrected chi connectivity index (χ3v) is 2.28. The molecule has 1 heterocycles. The van der Waals surface area contributed by atoms with Crippen molar-refractivity contribution in [3.63, 3.8) is 0 Å². The number of alkyl halides is 1. The quantitative estimate of drug-likeness (QED) is 0.699. The van der Waals surface area contributed by atoms with Gasteiger partial charge >= 0.3 is 0 Å². The fourth-order valence-electron chi connectivity index (χ4n) is 1.71. The Bertz CT molecular complexity index is 146. The molecule has 1 aliphatic heterocycles. The molecule has 1 rings (SSSR count). The number of ether oxygens (including phenoxy) is 1. The van der Waals surface area contributed by atoms with Crippen molar-refractivity contribution in [3.8, 4) is 0 Å². The molecule has 0 spiro atoms. The van der Waals surface area contributed by atoms with Gasteiger partial charge in [0, 0.05) is 20.2 Å². The second-order valence-electron chi connectivity index (χ2n) is 3.61. The zero-order valence-electron chi connectivity index (χ0n) is 8.08. The van der Waals surface area contributed by atoms with Crippen LogP contribution in [0.1, 0.15) is 12.8 Å². The highest BCUT2D eigenvalue weighted by Gasteiger charge is 2.20. The highest BCUT2D eigenvalue weighted by Crippen LogP contribution is 2.12. The molecule has 3 nitrogen and oxygen atoms in total. The Labute approximate surface area is 78.5 Å². The van der Waals surface area contributed by atoms with Crippen LogP contribution < -0.4 is 0 Å². The molecule has 2 atom stereocenters. The molecule has 0 aliphatic carbocycles. The van der Waals surface area contributed by atoms with Gasteiger partial charge in [-0.1, -0.05) is 0 Å². The van der Waals surface area contributed by atoms with E-state index in [1.807, 2.05) is 4.90 Å². The zero-order chi connectivity index (χ0) is 9.68. The van der Waals surface area contributed by atoms with Gasteiger partial charge in [0.1, 0.15) is 6.17 Å². The lowest BCUT2D eigenvalue weighted by Crippen LogP contribution is -2.42. The number of aliphatic hydroxyl groups is 1. The van der Waals surface area contributed by atoms with E-state index < -0.39 is 12.3 Å². The second-order valence-corrected chi connectivity index (χ2v) is 3.61. The van der Waals surface area contributed by atoms with Gasteiger partial charge in [0.2, 0.25) is 0 Å². The van der Waals surface area contributed by atoms with Crippen LogP contribution in [0, 0.1) is 0 Å². The van der Waals surface area contributed by atoms with E-state index in [-0.39, 0.29) is 0 Å². The van der Waals surface area contributed by atoms with Gasteiger partial charge < -0.3 is 9.84 Å². The molecular weight excluding hydrogens is 173 g/mol. The lowest BCUT2D eigenvalue weighted by molar-refractivity contribution is 0.0235. The molecule has 1 fully saturated rings. The van der Waals surface area contributed by atoms with Gasteiger partial charge in [-0.2, -0.15) is 0 Å². The fourth-order valence-corrected chi connectivity index (χ4v) is 1.71. The minimum absolute atomic E-state index is 0.327. The van der Waals surface area contributed by atoms with Crippen molar-refractivity contribution in [1.29, 1.82) is 0 Å². The predicted molar refractivity (Wildman–Crippen MR) is 48.5 cm³/mol. The molecule has 0 amide bonds. The summed E-state index contributed by atoms with van der Waals surface area (Å²) in [6, 6.07) is 0. The first-order valence-electron chi connectivity index (χ1n) is 4.76. The van der Waals surface area contributed by atoms with Crippen molar-refractivity contribution >= 4 is 0 Å². The van der Waals surface area contributed by atoms with Crippen molar-refractivity contribution in [2.24, 2.45) is 0 Å². The number of β-amino-alcohol motifs (C(OH)–C–C–N with tert-alkyl or cyclic N) is 1. The molecule has 2 unspecified atom stereocenters. The summed E-state index contributed by atoms with van der Waals surface area (Å²) in [6.07, 6.45) is 0.344. The number of hydrogen-bond acceptors (Lipinski definition) is 3. The molecule has 0 aromatic heterocycles. The van der Waals surface area contributed by atoms with Crippen LogP contribution in [0.4, 0.5) is 4.39 Å². The molecule has 0 radical (unpaired) electrons. The van der Waals surface area contributed by atoms with Gasteiger partial charge in [-0.15, -0.1) is 0 Å². The second kappa shape index (κ2) is 5.52. The molecule has 1 aliphatic rings. The molecule has 1 N–H and O–H groups in total. The Morgan fingerprint density at radius 2 is 2.46 bits per heavy atom. The first-order valence-corrected chi connectivity index (χ1v) is 4.76. The predicted octanol–water partition coefficient (Wildman–Crippen LogP) is 0.428. The number of hydrogen-bond donors (Lipinski definition) is 1. The first-order chi connectivity index (χ1) is 6.22. The topological polar surface area (TPSA) is 32.7 Å². The molecular formula is C9H18FNO2. The summed E-state index contributed by atoms with van der Waals surface area (Å²) in [5.74, 6) is 0. The summed E-state index contributed by atoms with van der Waals surface area (Å²) in [5.41, 5.74) is 0. The van der Waals surface area contributed by atoms with E-state index in [2.05, 4.69) is 0 Å². The highest BCUT2D eigenvalue weighted by atomic mass is 19.1. The summed E-state index contributed by atoms with van der Waals surface area (Å²) >= 11 is 0. The summed E-state index contributed by atoms with van der Waals surface area (Å²) < 4.78 is 17.7. The third kappa shape index (κ3) is 4.02. The lowest BCUT2D eigenvalue weighted by Gasteiger charge is -2.30. The number of methoxy groups -OCH3 is 1. The maximum absolute atomic E-state index is 12.9. The van der Waals surface area contributed by atoms with Crippen molar-refractivity contribution in [2.75, 3.05) is 33.4 Å². The van der Waals surface area contributed by atoms with Gasteiger partial charge in [0.25, 0.3) is 0 Å². The Morgan fingerprint density at radius 3 is 3.08 bits per heavy atom. The average Bonchev–Trinajstić information content (AvgIpc) is 2.04. The molecule has 78 valence electrons. The number of likely N-dealkylation sites (tertiary alicyclic amines) is 1. The van der Waals surface area contributed by atoms with E-state index in [9.17, 15) is 9.50 Å². The van der Waals surface area contributed by atoms with Crippen LogP contribution in [0.5, 0.6) is 0 Å². The molecule has 13 heavy (non-hydrogen) atoms. The highest BCUT2D eigenvalue weighted by molar-refractivity contribution is 4.74.